The van der Waals surface area contributed by atoms with Crippen molar-refractivity contribution < 1.29 is 4.79 Å². The van der Waals surface area contributed by atoms with Crippen molar-refractivity contribution in [1.29, 1.82) is 0 Å². The molecule has 1 aliphatic rings. The van der Waals surface area contributed by atoms with Crippen LogP contribution in [0.3, 0.4) is 0 Å². The molecule has 28 heavy (non-hydrogen) atoms. The molecule has 146 valence electrons. The molecule has 0 N–H and O–H groups in total. The number of hydrogen-bond donors (Lipinski definition) is 0. The van der Waals surface area contributed by atoms with E-state index in [-0.39, 0.29) is 11.8 Å². The minimum absolute atomic E-state index is 0.194. The van der Waals surface area contributed by atoms with Crippen LogP contribution in [0.4, 0.5) is 0 Å². The molecule has 0 unspecified atom stereocenters. The summed E-state index contributed by atoms with van der Waals surface area (Å²) in [7, 11) is 2.01. The third-order valence-electron chi connectivity index (χ3n) is 5.62. The van der Waals surface area contributed by atoms with Gasteiger partial charge in [-0.15, -0.1) is 10.2 Å². The molecule has 0 saturated carbocycles. The number of carbonyl (C=O) groups is 1. The van der Waals surface area contributed by atoms with E-state index in [1.165, 1.54) is 5.56 Å². The van der Waals surface area contributed by atoms with E-state index in [0.29, 0.717) is 19.5 Å². The topological polar surface area (TPSA) is 68.8 Å². The van der Waals surface area contributed by atoms with Crippen molar-refractivity contribution in [3.63, 3.8) is 0 Å². The van der Waals surface area contributed by atoms with E-state index in [2.05, 4.69) is 32.7 Å². The van der Waals surface area contributed by atoms with Gasteiger partial charge in [0.25, 0.3) is 0 Å². The van der Waals surface area contributed by atoms with Crippen LogP contribution < -0.4 is 0 Å². The van der Waals surface area contributed by atoms with Crippen molar-refractivity contribution in [3.8, 4) is 0 Å². The zero-order chi connectivity index (χ0) is 19.5. The van der Waals surface area contributed by atoms with Gasteiger partial charge in [-0.2, -0.15) is 0 Å². The standard InChI is InChI=1S/C21H26N6O/c1-16-6-3-4-7-17(16)12-20(28)27-10-5-8-18(13-27)21-24-23-19(25(21)2)14-26-11-9-22-15-26/h3-4,6-7,9,11,15,18H,5,8,10,12-14H2,1-2H3/t18-/m0/s1. The number of amides is 1. The number of benzene rings is 1. The van der Waals surface area contributed by atoms with E-state index in [1.807, 2.05) is 40.9 Å². The monoisotopic (exact) mass is 378 g/mol. The molecule has 0 bridgehead atoms. The lowest BCUT2D eigenvalue weighted by Crippen LogP contribution is -2.40. The molecule has 3 aromatic rings. The second-order valence-electron chi connectivity index (χ2n) is 7.55. The number of rotatable bonds is 5. The van der Waals surface area contributed by atoms with Crippen LogP contribution in [0.25, 0.3) is 0 Å². The van der Waals surface area contributed by atoms with Crippen LogP contribution in [-0.4, -0.2) is 48.2 Å². The van der Waals surface area contributed by atoms with E-state index < -0.39 is 0 Å². The number of hydrogen-bond acceptors (Lipinski definition) is 4. The van der Waals surface area contributed by atoms with Gasteiger partial charge < -0.3 is 14.0 Å². The van der Waals surface area contributed by atoms with Crippen LogP contribution in [0.1, 0.15) is 41.5 Å². The molecule has 1 atom stereocenters. The van der Waals surface area contributed by atoms with Gasteiger partial charge in [0.2, 0.25) is 5.91 Å². The van der Waals surface area contributed by atoms with Gasteiger partial charge in [-0.25, -0.2) is 4.98 Å². The van der Waals surface area contributed by atoms with Gasteiger partial charge in [0.1, 0.15) is 5.82 Å². The average Bonchev–Trinajstić information content (AvgIpc) is 3.34. The Morgan fingerprint density at radius 1 is 1.25 bits per heavy atom. The van der Waals surface area contributed by atoms with Gasteiger partial charge in [-0.05, 0) is 30.9 Å². The highest BCUT2D eigenvalue weighted by atomic mass is 16.2. The first-order chi connectivity index (χ1) is 13.6. The van der Waals surface area contributed by atoms with Crippen LogP contribution in [0, 0.1) is 6.92 Å². The van der Waals surface area contributed by atoms with Crippen LogP contribution in [-0.2, 0) is 24.8 Å². The van der Waals surface area contributed by atoms with Crippen LogP contribution in [0.2, 0.25) is 0 Å². The maximum absolute atomic E-state index is 12.9. The molecule has 1 saturated heterocycles. The number of piperidine rings is 1. The third kappa shape index (κ3) is 3.83. The van der Waals surface area contributed by atoms with E-state index >= 15 is 0 Å². The summed E-state index contributed by atoms with van der Waals surface area (Å²) in [6.45, 7) is 4.23. The summed E-state index contributed by atoms with van der Waals surface area (Å²) in [6.07, 6.45) is 7.95. The first kappa shape index (κ1) is 18.4. The molecule has 1 amide bonds. The minimum atomic E-state index is 0.194. The lowest BCUT2D eigenvalue weighted by atomic mass is 9.96. The Morgan fingerprint density at radius 3 is 2.89 bits per heavy atom. The summed E-state index contributed by atoms with van der Waals surface area (Å²) in [6, 6.07) is 8.11. The molecule has 4 rings (SSSR count). The van der Waals surface area contributed by atoms with Gasteiger partial charge in [-0.1, -0.05) is 24.3 Å². The van der Waals surface area contributed by atoms with Crippen molar-refractivity contribution in [3.05, 3.63) is 65.8 Å². The fourth-order valence-electron chi connectivity index (χ4n) is 3.91. The lowest BCUT2D eigenvalue weighted by Gasteiger charge is -2.32. The first-order valence-corrected chi connectivity index (χ1v) is 9.78. The molecule has 1 fully saturated rings. The SMILES string of the molecule is Cc1ccccc1CC(=O)N1CCC[C@H](c2nnc(Cn3ccnc3)n2C)C1. The summed E-state index contributed by atoms with van der Waals surface area (Å²) >= 11 is 0. The minimum Gasteiger partial charge on any atom is -0.342 e. The molecule has 7 nitrogen and oxygen atoms in total. The van der Waals surface area contributed by atoms with Crippen molar-refractivity contribution >= 4 is 5.91 Å². The molecule has 0 radical (unpaired) electrons. The quantitative estimate of drug-likeness (QED) is 0.683. The third-order valence-corrected chi connectivity index (χ3v) is 5.62. The number of aromatic nitrogens is 5. The fraction of sp³-hybridized carbons (Fsp3) is 0.429. The lowest BCUT2D eigenvalue weighted by molar-refractivity contribution is -0.131. The molecular formula is C21H26N6O. The van der Waals surface area contributed by atoms with E-state index in [4.69, 9.17) is 0 Å². The molecule has 3 heterocycles. The molecule has 0 aliphatic carbocycles. The molecule has 1 aromatic carbocycles. The molecule has 1 aliphatic heterocycles. The number of carbonyl (C=O) groups excluding carboxylic acids is 1. The Labute approximate surface area is 165 Å². The Balaban J connectivity index is 1.44. The smallest absolute Gasteiger partial charge is 0.227 e. The van der Waals surface area contributed by atoms with Gasteiger partial charge in [0.05, 0.1) is 19.3 Å². The highest BCUT2D eigenvalue weighted by Gasteiger charge is 2.28. The van der Waals surface area contributed by atoms with Gasteiger partial charge >= 0.3 is 0 Å². The Bertz CT molecular complexity index is 946. The second-order valence-corrected chi connectivity index (χ2v) is 7.55. The largest absolute Gasteiger partial charge is 0.342 e. The highest BCUT2D eigenvalue weighted by Crippen LogP contribution is 2.26. The maximum Gasteiger partial charge on any atom is 0.227 e. The van der Waals surface area contributed by atoms with E-state index in [0.717, 1.165) is 36.6 Å². The summed E-state index contributed by atoms with van der Waals surface area (Å²) in [5.74, 6) is 2.28. The number of nitrogens with zero attached hydrogens (tertiary/aromatic N) is 6. The van der Waals surface area contributed by atoms with E-state index in [9.17, 15) is 4.79 Å². The van der Waals surface area contributed by atoms with Crippen molar-refractivity contribution in [2.24, 2.45) is 7.05 Å². The number of aryl methyl sites for hydroxylation is 1. The maximum atomic E-state index is 12.9. The Hall–Kier alpha value is -2.96. The van der Waals surface area contributed by atoms with Crippen LogP contribution >= 0.6 is 0 Å². The number of likely N-dealkylation sites (tertiary alicyclic amines) is 1. The summed E-state index contributed by atoms with van der Waals surface area (Å²) in [4.78, 5) is 18.9. The summed E-state index contributed by atoms with van der Waals surface area (Å²) < 4.78 is 4.05. The Kier molecular flexibility index (Phi) is 5.23. The predicted molar refractivity (Wildman–Crippen MR) is 106 cm³/mol. The van der Waals surface area contributed by atoms with Crippen molar-refractivity contribution in [2.45, 2.75) is 38.6 Å². The molecular weight excluding hydrogens is 352 g/mol. The highest BCUT2D eigenvalue weighted by molar-refractivity contribution is 5.79. The average molecular weight is 378 g/mol. The first-order valence-electron chi connectivity index (χ1n) is 9.78. The van der Waals surface area contributed by atoms with Crippen molar-refractivity contribution in [1.82, 2.24) is 29.2 Å². The molecule has 7 heteroatoms. The molecule has 0 spiro atoms. The second kappa shape index (κ2) is 7.96. The zero-order valence-corrected chi connectivity index (χ0v) is 16.5. The van der Waals surface area contributed by atoms with Gasteiger partial charge in [0, 0.05) is 38.4 Å². The predicted octanol–water partition coefficient (Wildman–Crippen LogP) is 2.32. The van der Waals surface area contributed by atoms with Crippen molar-refractivity contribution in [2.75, 3.05) is 13.1 Å². The normalized spacial score (nSPS) is 17.1. The summed E-state index contributed by atoms with van der Waals surface area (Å²) in [5.41, 5.74) is 2.28. The van der Waals surface area contributed by atoms with Crippen LogP contribution in [0.15, 0.2) is 43.0 Å². The fourth-order valence-corrected chi connectivity index (χ4v) is 3.91. The Morgan fingerprint density at radius 2 is 2.11 bits per heavy atom. The molecule has 2 aromatic heterocycles. The zero-order valence-electron chi connectivity index (χ0n) is 16.5. The van der Waals surface area contributed by atoms with Gasteiger partial charge in [-0.3, -0.25) is 4.79 Å². The van der Waals surface area contributed by atoms with Crippen LogP contribution in [0.5, 0.6) is 0 Å². The number of imidazole rings is 1. The van der Waals surface area contributed by atoms with Gasteiger partial charge in [0.15, 0.2) is 5.82 Å². The summed E-state index contributed by atoms with van der Waals surface area (Å²) in [5, 5.41) is 8.83. The van der Waals surface area contributed by atoms with E-state index in [1.54, 1.807) is 12.5 Å².